The minimum atomic E-state index is -1.09. The predicted molar refractivity (Wildman–Crippen MR) is 80.1 cm³/mol. The van der Waals surface area contributed by atoms with Crippen molar-refractivity contribution in [1.82, 2.24) is 0 Å². The van der Waals surface area contributed by atoms with E-state index in [4.69, 9.17) is 4.74 Å². The zero-order chi connectivity index (χ0) is 15.7. The Hall–Kier alpha value is -1.88. The van der Waals surface area contributed by atoms with Gasteiger partial charge in [-0.25, -0.2) is 0 Å². The van der Waals surface area contributed by atoms with Crippen LogP contribution in [-0.2, 0) is 11.3 Å². The maximum absolute atomic E-state index is 12.6. The Bertz CT molecular complexity index is 569. The lowest BCUT2D eigenvalue weighted by molar-refractivity contribution is -0.797. The van der Waals surface area contributed by atoms with Gasteiger partial charge in [-0.1, -0.05) is 30.3 Å². The van der Waals surface area contributed by atoms with E-state index < -0.39 is 16.7 Å². The highest BCUT2D eigenvalue weighted by molar-refractivity contribution is 5.75. The molecule has 0 radical (unpaired) electrons. The molecule has 1 saturated carbocycles. The highest BCUT2D eigenvalue weighted by atomic mass is 16.6. The number of carbonyl (C=O) groups excluding carboxylic acids is 1. The molecule has 0 bridgehead atoms. The van der Waals surface area contributed by atoms with Gasteiger partial charge in [0, 0.05) is 12.3 Å². The Labute approximate surface area is 130 Å². The van der Waals surface area contributed by atoms with Crippen LogP contribution in [0.25, 0.3) is 0 Å². The monoisotopic (exact) mass is 304 g/mol. The van der Waals surface area contributed by atoms with Crippen LogP contribution >= 0.6 is 0 Å². The summed E-state index contributed by atoms with van der Waals surface area (Å²) in [5.74, 6) is 0.930. The van der Waals surface area contributed by atoms with Crippen molar-refractivity contribution in [3.05, 3.63) is 35.9 Å². The number of benzene rings is 1. The van der Waals surface area contributed by atoms with Crippen LogP contribution in [0.3, 0.4) is 0 Å². The molecule has 2 unspecified atom stereocenters. The van der Waals surface area contributed by atoms with Crippen molar-refractivity contribution < 1.29 is 23.9 Å². The van der Waals surface area contributed by atoms with Gasteiger partial charge in [0.25, 0.3) is 0 Å². The highest BCUT2D eigenvalue weighted by Gasteiger charge is 2.60. The molecule has 3 rings (SSSR count). The minimum Gasteiger partial charge on any atom is -0.435 e. The number of imide groups is 1. The molecule has 0 spiro atoms. The molecule has 3 atom stereocenters. The quantitative estimate of drug-likeness (QED) is 0.866. The third-order valence-corrected chi connectivity index (χ3v) is 5.08. The molecule has 22 heavy (non-hydrogen) atoms. The number of amides is 2. The molecule has 0 aromatic heterocycles. The number of likely N-dealkylation sites (tertiary alicyclic amines) is 1. The van der Waals surface area contributed by atoms with Gasteiger partial charge >= 0.3 is 12.2 Å². The molecule has 1 saturated heterocycles. The van der Waals surface area contributed by atoms with Gasteiger partial charge in [-0.3, -0.25) is 0 Å². The largest absolute Gasteiger partial charge is 0.527 e. The molecular formula is C17H22NO4+. The van der Waals surface area contributed by atoms with E-state index in [9.17, 15) is 14.7 Å². The van der Waals surface area contributed by atoms with Crippen LogP contribution in [-0.4, -0.2) is 34.4 Å². The fourth-order valence-corrected chi connectivity index (χ4v) is 3.59. The molecule has 1 aliphatic carbocycles. The molecule has 5 heteroatoms. The van der Waals surface area contributed by atoms with Crippen LogP contribution in [0.2, 0.25) is 0 Å². The van der Waals surface area contributed by atoms with Crippen LogP contribution in [0.5, 0.6) is 0 Å². The van der Waals surface area contributed by atoms with Crippen molar-refractivity contribution in [2.24, 2.45) is 11.8 Å². The van der Waals surface area contributed by atoms with E-state index in [1.165, 1.54) is 0 Å². The molecule has 1 aliphatic heterocycles. The van der Waals surface area contributed by atoms with Crippen molar-refractivity contribution in [2.75, 3.05) is 6.54 Å². The van der Waals surface area contributed by atoms with E-state index in [1.54, 1.807) is 0 Å². The Kier molecular flexibility index (Phi) is 3.91. The van der Waals surface area contributed by atoms with E-state index >= 15 is 0 Å². The van der Waals surface area contributed by atoms with Gasteiger partial charge in [0.15, 0.2) is 0 Å². The lowest BCUT2D eigenvalue weighted by Crippen LogP contribution is -2.59. The minimum absolute atomic E-state index is 0.119. The van der Waals surface area contributed by atoms with Gasteiger partial charge in [-0.05, 0) is 31.2 Å². The summed E-state index contributed by atoms with van der Waals surface area (Å²) in [6.45, 7) is 2.34. The summed E-state index contributed by atoms with van der Waals surface area (Å²) in [5.41, 5.74) is 0.866. The maximum atomic E-state index is 12.6. The van der Waals surface area contributed by atoms with Gasteiger partial charge in [-0.15, -0.1) is 4.48 Å². The summed E-state index contributed by atoms with van der Waals surface area (Å²) in [6.07, 6.45) is 1.39. The molecule has 2 fully saturated rings. The Morgan fingerprint density at radius 1 is 1.23 bits per heavy atom. The summed E-state index contributed by atoms with van der Waals surface area (Å²) in [6, 6.07) is 9.11. The van der Waals surface area contributed by atoms with E-state index in [0.29, 0.717) is 18.4 Å². The third-order valence-electron chi connectivity index (χ3n) is 5.08. The number of carbonyl (C=O) groups is 2. The summed E-state index contributed by atoms with van der Waals surface area (Å²) >= 11 is 0. The molecule has 2 amide bonds. The van der Waals surface area contributed by atoms with Crippen molar-refractivity contribution in [2.45, 2.75) is 38.8 Å². The van der Waals surface area contributed by atoms with Crippen molar-refractivity contribution in [3.8, 4) is 0 Å². The average Bonchev–Trinajstić information content (AvgIpc) is 3.29. The molecule has 1 aromatic carbocycles. The fourth-order valence-electron chi connectivity index (χ4n) is 3.59. The summed E-state index contributed by atoms with van der Waals surface area (Å²) in [7, 11) is 0. The number of nitrogens with zero attached hydrogens (tertiary/aromatic N) is 1. The molecule has 1 N–H and O–H groups in total. The normalized spacial score (nSPS) is 31.0. The topological polar surface area (TPSA) is 63.6 Å². The fraction of sp³-hybridized carbons (Fsp3) is 0.529. The first-order valence-electron chi connectivity index (χ1n) is 7.86. The summed E-state index contributed by atoms with van der Waals surface area (Å²) in [5, 5.41) is 9.69. The zero-order valence-corrected chi connectivity index (χ0v) is 12.8. The second-order valence-electron chi connectivity index (χ2n) is 6.56. The number of rotatable bonds is 3. The lowest BCUT2D eigenvalue weighted by Gasteiger charge is -2.28. The van der Waals surface area contributed by atoms with Crippen molar-refractivity contribution >= 4 is 12.2 Å². The number of carboxylic acid groups (broad SMARTS) is 1. The van der Waals surface area contributed by atoms with E-state index in [0.717, 1.165) is 24.8 Å². The average molecular weight is 304 g/mol. The van der Waals surface area contributed by atoms with Crippen LogP contribution < -0.4 is 0 Å². The smallest absolute Gasteiger partial charge is 0.435 e. The lowest BCUT2D eigenvalue weighted by atomic mass is 10.0. The Balaban J connectivity index is 1.73. The summed E-state index contributed by atoms with van der Waals surface area (Å²) < 4.78 is 4.77. The molecule has 118 valence electrons. The number of hydrogen-bond donors (Lipinski definition) is 1. The van der Waals surface area contributed by atoms with Gasteiger partial charge in [0.05, 0.1) is 0 Å². The van der Waals surface area contributed by atoms with Gasteiger partial charge < -0.3 is 9.84 Å². The third kappa shape index (κ3) is 2.61. The van der Waals surface area contributed by atoms with Gasteiger partial charge in [0.2, 0.25) is 0 Å². The van der Waals surface area contributed by atoms with E-state index in [2.05, 4.69) is 0 Å². The standard InChI is InChI=1S/C17H21NO4/c1-12-9-15(14-7-8-14)10-18(12,16(19)20)17(21)22-11-13-5-3-2-4-6-13/h2-6,12,14-15H,7-11H2,1H3/p+1/t12-,15?,18?/m1/s1. The second kappa shape index (κ2) is 5.72. The molecule has 5 nitrogen and oxygen atoms in total. The maximum Gasteiger partial charge on any atom is 0.527 e. The van der Waals surface area contributed by atoms with Crippen molar-refractivity contribution in [1.29, 1.82) is 0 Å². The zero-order valence-electron chi connectivity index (χ0n) is 12.8. The number of ether oxygens (including phenoxy) is 1. The first-order chi connectivity index (χ1) is 10.5. The van der Waals surface area contributed by atoms with E-state index in [1.807, 2.05) is 37.3 Å². The van der Waals surface area contributed by atoms with Gasteiger partial charge in [0.1, 0.15) is 19.2 Å². The molecule has 1 heterocycles. The van der Waals surface area contributed by atoms with Gasteiger partial charge in [-0.2, -0.15) is 9.59 Å². The van der Waals surface area contributed by atoms with Crippen LogP contribution in [0.1, 0.15) is 31.7 Å². The number of quaternary nitrogens is 1. The SMILES string of the molecule is C[C@@H]1CC(C2CC2)C[N+]1(C(=O)O)C(=O)OCc1ccccc1. The van der Waals surface area contributed by atoms with E-state index in [-0.39, 0.29) is 12.6 Å². The molecule has 2 aliphatic rings. The first-order valence-corrected chi connectivity index (χ1v) is 7.86. The molecule has 1 aromatic rings. The Morgan fingerprint density at radius 3 is 2.50 bits per heavy atom. The van der Waals surface area contributed by atoms with Crippen LogP contribution in [0, 0.1) is 11.8 Å². The number of hydrogen-bond acceptors (Lipinski definition) is 3. The van der Waals surface area contributed by atoms with Crippen LogP contribution in [0.4, 0.5) is 9.59 Å². The Morgan fingerprint density at radius 2 is 1.91 bits per heavy atom. The predicted octanol–water partition coefficient (Wildman–Crippen LogP) is 3.64. The van der Waals surface area contributed by atoms with Crippen molar-refractivity contribution in [3.63, 3.8) is 0 Å². The second-order valence-corrected chi connectivity index (χ2v) is 6.56. The molecular weight excluding hydrogens is 282 g/mol. The summed E-state index contributed by atoms with van der Waals surface area (Å²) in [4.78, 5) is 24.4. The first kappa shape index (κ1) is 15.0. The van der Waals surface area contributed by atoms with Crippen LogP contribution in [0.15, 0.2) is 30.3 Å². The highest BCUT2D eigenvalue weighted by Crippen LogP contribution is 2.46.